The Bertz CT molecular complexity index is 909. The zero-order chi connectivity index (χ0) is 21.2. The van der Waals surface area contributed by atoms with Crippen LogP contribution >= 0.6 is 0 Å². The topological polar surface area (TPSA) is 115 Å². The molecule has 0 radical (unpaired) electrons. The molecule has 0 saturated heterocycles. The summed E-state index contributed by atoms with van der Waals surface area (Å²) in [6.45, 7) is 1.06. The number of rotatable bonds is 8. The molecule has 2 rings (SSSR count). The van der Waals surface area contributed by atoms with Crippen LogP contribution in [0.1, 0.15) is 22.8 Å². The van der Waals surface area contributed by atoms with Crippen molar-refractivity contribution >= 4 is 35.4 Å². The van der Waals surface area contributed by atoms with Gasteiger partial charge in [-0.15, -0.1) is 0 Å². The Kier molecular flexibility index (Phi) is 7.72. The Morgan fingerprint density at radius 2 is 1.76 bits per heavy atom. The van der Waals surface area contributed by atoms with Gasteiger partial charge < -0.3 is 24.9 Å². The first-order valence-electron chi connectivity index (χ1n) is 8.52. The zero-order valence-corrected chi connectivity index (χ0v) is 16.2. The van der Waals surface area contributed by atoms with Crippen molar-refractivity contribution in [3.05, 3.63) is 53.6 Å². The molecule has 9 nitrogen and oxygen atoms in total. The monoisotopic (exact) mass is 399 g/mol. The smallest absolute Gasteiger partial charge is 0.337 e. The van der Waals surface area contributed by atoms with Gasteiger partial charge in [-0.3, -0.25) is 9.59 Å². The maximum Gasteiger partial charge on any atom is 0.337 e. The Hall–Kier alpha value is -3.88. The van der Waals surface area contributed by atoms with E-state index in [2.05, 4.69) is 20.5 Å². The van der Waals surface area contributed by atoms with Crippen LogP contribution in [0.15, 0.2) is 47.6 Å². The number of ether oxygens (including phenoxy) is 2. The second-order valence-electron chi connectivity index (χ2n) is 5.77. The molecule has 152 valence electrons. The minimum atomic E-state index is -0.457. The zero-order valence-electron chi connectivity index (χ0n) is 16.2. The quantitative estimate of drug-likeness (QED) is 0.400. The fourth-order valence-electron chi connectivity index (χ4n) is 2.29. The Labute approximate surface area is 167 Å². The molecular formula is C20H21N3O6. The number of anilines is 2. The minimum Gasteiger partial charge on any atom is -0.495 e. The molecule has 2 aromatic carbocycles. The van der Waals surface area contributed by atoms with Crippen LogP contribution in [-0.4, -0.2) is 44.8 Å². The van der Waals surface area contributed by atoms with E-state index in [1.165, 1.54) is 27.4 Å². The molecular weight excluding hydrogens is 378 g/mol. The van der Waals surface area contributed by atoms with Crippen molar-refractivity contribution in [3.8, 4) is 5.75 Å². The first-order chi connectivity index (χ1) is 13.9. The predicted octanol–water partition coefficient (Wildman–Crippen LogP) is 2.43. The number of esters is 1. The lowest BCUT2D eigenvalue weighted by Crippen LogP contribution is -2.18. The van der Waals surface area contributed by atoms with E-state index in [0.29, 0.717) is 28.3 Å². The molecule has 0 saturated carbocycles. The lowest BCUT2D eigenvalue weighted by molar-refractivity contribution is -0.120. The van der Waals surface area contributed by atoms with E-state index in [1.54, 1.807) is 42.5 Å². The summed E-state index contributed by atoms with van der Waals surface area (Å²) in [5.41, 5.74) is 2.00. The van der Waals surface area contributed by atoms with E-state index in [-0.39, 0.29) is 12.5 Å². The average molecular weight is 399 g/mol. The standard InChI is InChI=1S/C20H21N3O6/c1-13(24)22-16-8-9-18(27-2)17(10-16)23-19(25)12-29-21-11-14-4-6-15(7-5-14)20(26)28-3/h4-11H,12H2,1-3H3,(H,22,24)(H,23,25)/b21-11+. The fraction of sp³-hybridized carbons (Fsp3) is 0.200. The van der Waals surface area contributed by atoms with Crippen molar-refractivity contribution in [2.75, 3.05) is 31.5 Å². The minimum absolute atomic E-state index is 0.232. The van der Waals surface area contributed by atoms with Gasteiger partial charge in [-0.2, -0.15) is 0 Å². The van der Waals surface area contributed by atoms with E-state index in [1.807, 2.05) is 0 Å². The van der Waals surface area contributed by atoms with Crippen molar-refractivity contribution in [2.45, 2.75) is 6.92 Å². The molecule has 2 aromatic rings. The molecule has 0 spiro atoms. The summed E-state index contributed by atoms with van der Waals surface area (Å²) in [5.74, 6) is -0.688. The van der Waals surface area contributed by atoms with Crippen LogP contribution < -0.4 is 15.4 Å². The van der Waals surface area contributed by atoms with Gasteiger partial charge in [-0.25, -0.2) is 4.79 Å². The Morgan fingerprint density at radius 1 is 1.03 bits per heavy atom. The van der Waals surface area contributed by atoms with E-state index in [4.69, 9.17) is 9.57 Å². The molecule has 0 heterocycles. The molecule has 0 unspecified atom stereocenters. The van der Waals surface area contributed by atoms with E-state index < -0.39 is 11.9 Å². The lowest BCUT2D eigenvalue weighted by atomic mass is 10.1. The van der Waals surface area contributed by atoms with Gasteiger partial charge in [0.1, 0.15) is 5.75 Å². The molecule has 0 fully saturated rings. The van der Waals surface area contributed by atoms with Crippen molar-refractivity contribution < 1.29 is 28.7 Å². The van der Waals surface area contributed by atoms with Gasteiger partial charge >= 0.3 is 5.97 Å². The van der Waals surface area contributed by atoms with Crippen LogP contribution in [0.2, 0.25) is 0 Å². The number of methoxy groups -OCH3 is 2. The van der Waals surface area contributed by atoms with Gasteiger partial charge in [0.25, 0.3) is 5.91 Å². The number of nitrogens with one attached hydrogen (secondary N) is 2. The maximum atomic E-state index is 12.1. The van der Waals surface area contributed by atoms with Crippen molar-refractivity contribution in [1.29, 1.82) is 0 Å². The second-order valence-corrected chi connectivity index (χ2v) is 5.77. The third kappa shape index (κ3) is 6.65. The van der Waals surface area contributed by atoms with Gasteiger partial charge in [0.2, 0.25) is 5.91 Å². The highest BCUT2D eigenvalue weighted by atomic mass is 16.6. The van der Waals surface area contributed by atoms with Crippen molar-refractivity contribution in [2.24, 2.45) is 5.16 Å². The number of hydrogen-bond acceptors (Lipinski definition) is 7. The number of carbonyl (C=O) groups excluding carboxylic acids is 3. The fourth-order valence-corrected chi connectivity index (χ4v) is 2.29. The maximum absolute atomic E-state index is 12.1. The van der Waals surface area contributed by atoms with Gasteiger partial charge in [0.15, 0.2) is 6.61 Å². The first-order valence-corrected chi connectivity index (χ1v) is 8.52. The second kappa shape index (κ2) is 10.5. The molecule has 0 aliphatic rings. The lowest BCUT2D eigenvalue weighted by Gasteiger charge is -2.12. The molecule has 0 aliphatic carbocycles. The number of hydrogen-bond donors (Lipinski definition) is 2. The summed E-state index contributed by atoms with van der Waals surface area (Å²) in [7, 11) is 2.78. The molecule has 2 amide bonds. The number of carbonyl (C=O) groups is 3. The van der Waals surface area contributed by atoms with Crippen molar-refractivity contribution in [1.82, 2.24) is 0 Å². The summed E-state index contributed by atoms with van der Waals surface area (Å²) < 4.78 is 9.81. The summed E-state index contributed by atoms with van der Waals surface area (Å²) in [5, 5.41) is 8.99. The molecule has 29 heavy (non-hydrogen) atoms. The molecule has 0 atom stereocenters. The van der Waals surface area contributed by atoms with Crippen LogP contribution in [0.25, 0.3) is 0 Å². The summed E-state index contributed by atoms with van der Waals surface area (Å²) in [6, 6.07) is 11.4. The normalized spacial score (nSPS) is 10.3. The Morgan fingerprint density at radius 3 is 2.38 bits per heavy atom. The molecule has 0 aromatic heterocycles. The van der Waals surface area contributed by atoms with Crippen LogP contribution in [0.3, 0.4) is 0 Å². The SMILES string of the molecule is COC(=O)c1ccc(/C=N/OCC(=O)Nc2cc(NC(C)=O)ccc2OC)cc1. The third-order valence-electron chi connectivity index (χ3n) is 3.60. The largest absolute Gasteiger partial charge is 0.495 e. The van der Waals surface area contributed by atoms with Gasteiger partial charge in [-0.1, -0.05) is 17.3 Å². The summed E-state index contributed by atoms with van der Waals surface area (Å²) in [6.07, 6.45) is 1.41. The molecule has 9 heteroatoms. The first kappa shape index (κ1) is 21.4. The summed E-state index contributed by atoms with van der Waals surface area (Å²) in [4.78, 5) is 39.6. The predicted molar refractivity (Wildman–Crippen MR) is 107 cm³/mol. The number of oxime groups is 1. The van der Waals surface area contributed by atoms with Crippen LogP contribution in [0.4, 0.5) is 11.4 Å². The number of benzene rings is 2. The third-order valence-corrected chi connectivity index (χ3v) is 3.60. The molecule has 0 bridgehead atoms. The van der Waals surface area contributed by atoms with Crippen LogP contribution in [0, 0.1) is 0 Å². The van der Waals surface area contributed by atoms with E-state index in [9.17, 15) is 14.4 Å². The Balaban J connectivity index is 1.90. The van der Waals surface area contributed by atoms with E-state index >= 15 is 0 Å². The highest BCUT2D eigenvalue weighted by Gasteiger charge is 2.10. The number of nitrogens with zero attached hydrogens (tertiary/aromatic N) is 1. The van der Waals surface area contributed by atoms with Crippen LogP contribution in [-0.2, 0) is 19.2 Å². The van der Waals surface area contributed by atoms with Crippen molar-refractivity contribution in [3.63, 3.8) is 0 Å². The van der Waals surface area contributed by atoms with E-state index in [0.717, 1.165) is 0 Å². The molecule has 0 aliphatic heterocycles. The van der Waals surface area contributed by atoms with Gasteiger partial charge in [-0.05, 0) is 35.9 Å². The molecule has 2 N–H and O–H groups in total. The highest BCUT2D eigenvalue weighted by molar-refractivity contribution is 5.95. The highest BCUT2D eigenvalue weighted by Crippen LogP contribution is 2.27. The van der Waals surface area contributed by atoms with Gasteiger partial charge in [0, 0.05) is 12.6 Å². The van der Waals surface area contributed by atoms with Gasteiger partial charge in [0.05, 0.1) is 31.7 Å². The number of amides is 2. The average Bonchev–Trinajstić information content (AvgIpc) is 2.71. The van der Waals surface area contributed by atoms with Crippen LogP contribution in [0.5, 0.6) is 5.75 Å². The summed E-state index contributed by atoms with van der Waals surface area (Å²) >= 11 is 0.